The molecule has 1 aromatic rings. The highest BCUT2D eigenvalue weighted by molar-refractivity contribution is 14.0. The van der Waals surface area contributed by atoms with Crippen LogP contribution in [0.4, 0.5) is 0 Å². The molecule has 148 valence electrons. The molecule has 2 rings (SSSR count). The molecule has 26 heavy (non-hydrogen) atoms. The maximum atomic E-state index is 5.71. The smallest absolute Gasteiger partial charge is 0.191 e. The molecule has 0 aliphatic carbocycles. The zero-order chi connectivity index (χ0) is 18.1. The van der Waals surface area contributed by atoms with Crippen LogP contribution in [0, 0.1) is 5.92 Å². The Kier molecular flexibility index (Phi) is 10.7. The van der Waals surface area contributed by atoms with Crippen molar-refractivity contribution in [2.24, 2.45) is 10.9 Å². The number of rotatable bonds is 8. The maximum Gasteiger partial charge on any atom is 0.191 e. The van der Waals surface area contributed by atoms with Crippen LogP contribution in [-0.4, -0.2) is 46.0 Å². The summed E-state index contributed by atoms with van der Waals surface area (Å²) in [6.45, 7) is 9.85. The van der Waals surface area contributed by atoms with Gasteiger partial charge in [0.15, 0.2) is 17.5 Å². The molecule has 0 aromatic heterocycles. The molecule has 0 bridgehead atoms. The first kappa shape index (κ1) is 22.8. The summed E-state index contributed by atoms with van der Waals surface area (Å²) in [6.07, 6.45) is 1.11. The van der Waals surface area contributed by atoms with E-state index in [9.17, 15) is 0 Å². The van der Waals surface area contributed by atoms with Gasteiger partial charge in [0.1, 0.15) is 0 Å². The third-order valence-electron chi connectivity index (χ3n) is 4.23. The Bertz CT molecular complexity index is 563. The van der Waals surface area contributed by atoms with Crippen molar-refractivity contribution in [1.82, 2.24) is 10.6 Å². The van der Waals surface area contributed by atoms with Crippen LogP contribution in [-0.2, 0) is 4.74 Å². The van der Waals surface area contributed by atoms with Gasteiger partial charge < -0.3 is 24.8 Å². The van der Waals surface area contributed by atoms with Crippen LogP contribution < -0.4 is 20.1 Å². The predicted molar refractivity (Wildman–Crippen MR) is 116 cm³/mol. The number of guanidine groups is 1. The van der Waals surface area contributed by atoms with Crippen molar-refractivity contribution < 1.29 is 14.2 Å². The first-order valence-corrected chi connectivity index (χ1v) is 9.12. The average Bonchev–Trinajstić information content (AvgIpc) is 3.13. The van der Waals surface area contributed by atoms with Gasteiger partial charge in [-0.15, -0.1) is 24.0 Å². The van der Waals surface area contributed by atoms with Crippen molar-refractivity contribution >= 4 is 29.9 Å². The summed E-state index contributed by atoms with van der Waals surface area (Å²) in [5.41, 5.74) is 1.12. The molecular formula is C19H32IN3O3. The molecular weight excluding hydrogens is 445 g/mol. The van der Waals surface area contributed by atoms with Crippen LogP contribution in [0.5, 0.6) is 11.5 Å². The highest BCUT2D eigenvalue weighted by Crippen LogP contribution is 2.30. The van der Waals surface area contributed by atoms with Crippen LogP contribution in [0.25, 0.3) is 0 Å². The minimum absolute atomic E-state index is 0. The summed E-state index contributed by atoms with van der Waals surface area (Å²) in [4.78, 5) is 4.32. The Balaban J connectivity index is 0.00000338. The summed E-state index contributed by atoms with van der Waals surface area (Å²) in [6, 6.07) is 6.16. The van der Waals surface area contributed by atoms with E-state index < -0.39 is 0 Å². The van der Waals surface area contributed by atoms with Gasteiger partial charge in [-0.2, -0.15) is 0 Å². The lowest BCUT2D eigenvalue weighted by atomic mass is 10.1. The molecule has 0 spiro atoms. The molecule has 1 aliphatic heterocycles. The van der Waals surface area contributed by atoms with E-state index in [0.717, 1.165) is 49.2 Å². The van der Waals surface area contributed by atoms with Gasteiger partial charge >= 0.3 is 0 Å². The topological polar surface area (TPSA) is 64.1 Å². The highest BCUT2D eigenvalue weighted by Gasteiger charge is 2.17. The lowest BCUT2D eigenvalue weighted by molar-refractivity contribution is 0.186. The number of benzene rings is 1. The normalized spacial score (nSPS) is 18.0. The molecule has 7 heteroatoms. The van der Waals surface area contributed by atoms with E-state index in [1.807, 2.05) is 26.0 Å². The SMILES string of the molecule is CCOc1ccc(C(C)NC(=NC)NCC2CCOC2)cc1OCC.I. The van der Waals surface area contributed by atoms with Gasteiger partial charge in [-0.25, -0.2) is 0 Å². The molecule has 1 saturated heterocycles. The summed E-state index contributed by atoms with van der Waals surface area (Å²) in [5.74, 6) is 2.92. The molecule has 2 N–H and O–H groups in total. The third kappa shape index (κ3) is 6.83. The monoisotopic (exact) mass is 477 g/mol. The van der Waals surface area contributed by atoms with Gasteiger partial charge in [0.25, 0.3) is 0 Å². The van der Waals surface area contributed by atoms with Crippen LogP contribution >= 0.6 is 24.0 Å². The molecule has 1 heterocycles. The molecule has 1 fully saturated rings. The Morgan fingerprint density at radius 1 is 1.27 bits per heavy atom. The quantitative estimate of drug-likeness (QED) is 0.342. The number of nitrogens with zero attached hydrogens (tertiary/aromatic N) is 1. The number of halogens is 1. The van der Waals surface area contributed by atoms with Gasteiger partial charge in [0.05, 0.1) is 25.9 Å². The third-order valence-corrected chi connectivity index (χ3v) is 4.23. The van der Waals surface area contributed by atoms with E-state index in [2.05, 4.69) is 28.6 Å². The fraction of sp³-hybridized carbons (Fsp3) is 0.632. The van der Waals surface area contributed by atoms with Crippen molar-refractivity contribution in [2.75, 3.05) is 40.0 Å². The Labute approximate surface area is 174 Å². The van der Waals surface area contributed by atoms with Crippen LogP contribution in [0.2, 0.25) is 0 Å². The van der Waals surface area contributed by atoms with E-state index in [1.54, 1.807) is 7.05 Å². The predicted octanol–water partition coefficient (Wildman–Crippen LogP) is 3.36. The Morgan fingerprint density at radius 2 is 2.00 bits per heavy atom. The van der Waals surface area contributed by atoms with Gasteiger partial charge in [-0.3, -0.25) is 4.99 Å². The van der Waals surface area contributed by atoms with Crippen molar-refractivity contribution in [3.8, 4) is 11.5 Å². The second-order valence-electron chi connectivity index (χ2n) is 6.12. The van der Waals surface area contributed by atoms with Crippen LogP contribution in [0.1, 0.15) is 38.8 Å². The lowest BCUT2D eigenvalue weighted by Gasteiger charge is -2.21. The average molecular weight is 477 g/mol. The molecule has 1 aromatic carbocycles. The van der Waals surface area contributed by atoms with Gasteiger partial charge in [-0.1, -0.05) is 6.07 Å². The first-order valence-electron chi connectivity index (χ1n) is 9.12. The van der Waals surface area contributed by atoms with E-state index in [0.29, 0.717) is 19.1 Å². The maximum absolute atomic E-state index is 5.71. The first-order chi connectivity index (χ1) is 12.2. The van der Waals surface area contributed by atoms with Gasteiger partial charge in [0.2, 0.25) is 0 Å². The van der Waals surface area contributed by atoms with Gasteiger partial charge in [-0.05, 0) is 44.9 Å². The standard InChI is InChI=1S/C19H31N3O3.HI/c1-5-24-17-8-7-16(11-18(17)25-6-2)14(3)22-19(20-4)21-12-15-9-10-23-13-15;/h7-8,11,14-15H,5-6,9-10,12-13H2,1-4H3,(H2,20,21,22);1H. The summed E-state index contributed by atoms with van der Waals surface area (Å²) in [7, 11) is 1.79. The molecule has 0 amide bonds. The number of nitrogens with one attached hydrogen (secondary N) is 2. The number of ether oxygens (including phenoxy) is 3. The van der Waals surface area contributed by atoms with Gasteiger partial charge in [0, 0.05) is 26.1 Å². The zero-order valence-corrected chi connectivity index (χ0v) is 18.5. The Hall–Kier alpha value is -1.22. The largest absolute Gasteiger partial charge is 0.490 e. The second kappa shape index (κ2) is 12.2. The van der Waals surface area contributed by atoms with Crippen LogP contribution in [0.3, 0.4) is 0 Å². The minimum atomic E-state index is 0. The lowest BCUT2D eigenvalue weighted by Crippen LogP contribution is -2.41. The van der Waals surface area contributed by atoms with E-state index in [-0.39, 0.29) is 30.0 Å². The Morgan fingerprint density at radius 3 is 2.62 bits per heavy atom. The summed E-state index contributed by atoms with van der Waals surface area (Å²) in [5, 5.41) is 6.82. The number of hydrogen-bond acceptors (Lipinski definition) is 4. The highest BCUT2D eigenvalue weighted by atomic mass is 127. The van der Waals surface area contributed by atoms with Crippen molar-refractivity contribution in [3.63, 3.8) is 0 Å². The number of aliphatic imine (C=N–C) groups is 1. The van der Waals surface area contributed by atoms with Crippen molar-refractivity contribution in [3.05, 3.63) is 23.8 Å². The second-order valence-corrected chi connectivity index (χ2v) is 6.12. The van der Waals surface area contributed by atoms with E-state index >= 15 is 0 Å². The molecule has 1 aliphatic rings. The molecule has 2 unspecified atom stereocenters. The number of hydrogen-bond donors (Lipinski definition) is 2. The van der Waals surface area contributed by atoms with E-state index in [4.69, 9.17) is 14.2 Å². The van der Waals surface area contributed by atoms with Crippen LogP contribution in [0.15, 0.2) is 23.2 Å². The fourth-order valence-electron chi connectivity index (χ4n) is 2.81. The minimum Gasteiger partial charge on any atom is -0.490 e. The molecule has 2 atom stereocenters. The summed E-state index contributed by atoms with van der Waals surface area (Å²) >= 11 is 0. The molecule has 0 radical (unpaired) electrons. The van der Waals surface area contributed by atoms with E-state index in [1.165, 1.54) is 0 Å². The van der Waals surface area contributed by atoms with Crippen molar-refractivity contribution in [2.45, 2.75) is 33.2 Å². The summed E-state index contributed by atoms with van der Waals surface area (Å²) < 4.78 is 16.8. The molecule has 0 saturated carbocycles. The van der Waals surface area contributed by atoms with Crippen molar-refractivity contribution in [1.29, 1.82) is 0 Å². The fourth-order valence-corrected chi connectivity index (χ4v) is 2.81. The molecule has 6 nitrogen and oxygen atoms in total. The zero-order valence-electron chi connectivity index (χ0n) is 16.2.